The fourth-order valence-electron chi connectivity index (χ4n) is 3.03. The van der Waals surface area contributed by atoms with Crippen molar-refractivity contribution in [3.8, 4) is 11.3 Å². The van der Waals surface area contributed by atoms with Crippen LogP contribution in [0.4, 0.5) is 5.82 Å². The van der Waals surface area contributed by atoms with E-state index in [0.29, 0.717) is 18.7 Å². The highest BCUT2D eigenvalue weighted by molar-refractivity contribution is 5.90. The monoisotopic (exact) mass is 311 g/mol. The molecule has 0 aromatic carbocycles. The second-order valence-electron chi connectivity index (χ2n) is 6.16. The van der Waals surface area contributed by atoms with Gasteiger partial charge in [-0.1, -0.05) is 25.3 Å². The standard InChI is InChI=1S/C18H21N3O2/c22-17(12-18(23)9-3-1-4-10-18)21-16-8-7-14(13-20-16)15-6-2-5-11-19-15/h2,5-8,11,13,23H,1,3-4,9-10,12H2,(H,20,21,22). The molecule has 2 N–H and O–H groups in total. The fraction of sp³-hybridized carbons (Fsp3) is 0.389. The fourth-order valence-corrected chi connectivity index (χ4v) is 3.03. The van der Waals surface area contributed by atoms with Crippen molar-refractivity contribution in [1.29, 1.82) is 0 Å². The van der Waals surface area contributed by atoms with Crippen molar-refractivity contribution >= 4 is 11.7 Å². The van der Waals surface area contributed by atoms with E-state index in [1.807, 2.05) is 24.3 Å². The van der Waals surface area contributed by atoms with Crippen molar-refractivity contribution in [1.82, 2.24) is 9.97 Å². The maximum atomic E-state index is 12.1. The smallest absolute Gasteiger partial charge is 0.228 e. The van der Waals surface area contributed by atoms with E-state index in [1.54, 1.807) is 18.5 Å². The van der Waals surface area contributed by atoms with Crippen LogP contribution in [0, 0.1) is 0 Å². The van der Waals surface area contributed by atoms with Crippen LogP contribution in [-0.4, -0.2) is 26.6 Å². The van der Waals surface area contributed by atoms with Crippen LogP contribution in [0.25, 0.3) is 11.3 Å². The third-order valence-corrected chi connectivity index (χ3v) is 4.27. The molecule has 5 heteroatoms. The summed E-state index contributed by atoms with van der Waals surface area (Å²) in [6, 6.07) is 9.32. The van der Waals surface area contributed by atoms with Crippen LogP contribution in [0.1, 0.15) is 38.5 Å². The Morgan fingerprint density at radius 3 is 2.61 bits per heavy atom. The van der Waals surface area contributed by atoms with E-state index in [1.165, 1.54) is 0 Å². The molecule has 0 radical (unpaired) electrons. The summed E-state index contributed by atoms with van der Waals surface area (Å²) in [5, 5.41) is 13.2. The number of amides is 1. The zero-order valence-electron chi connectivity index (χ0n) is 13.0. The topological polar surface area (TPSA) is 75.1 Å². The first kappa shape index (κ1) is 15.6. The maximum Gasteiger partial charge on any atom is 0.228 e. The number of carbonyl (C=O) groups is 1. The van der Waals surface area contributed by atoms with Crippen molar-refractivity contribution in [3.05, 3.63) is 42.7 Å². The summed E-state index contributed by atoms with van der Waals surface area (Å²) >= 11 is 0. The van der Waals surface area contributed by atoms with E-state index in [4.69, 9.17) is 0 Å². The van der Waals surface area contributed by atoms with Gasteiger partial charge in [-0.25, -0.2) is 4.98 Å². The summed E-state index contributed by atoms with van der Waals surface area (Å²) in [4.78, 5) is 20.6. The Morgan fingerprint density at radius 2 is 1.96 bits per heavy atom. The second kappa shape index (κ2) is 6.87. The van der Waals surface area contributed by atoms with E-state index in [9.17, 15) is 9.90 Å². The number of carbonyl (C=O) groups excluding carboxylic acids is 1. The summed E-state index contributed by atoms with van der Waals surface area (Å²) in [5.41, 5.74) is 0.889. The third-order valence-electron chi connectivity index (χ3n) is 4.27. The molecule has 0 spiro atoms. The largest absolute Gasteiger partial charge is 0.389 e. The molecule has 2 heterocycles. The number of anilines is 1. The second-order valence-corrected chi connectivity index (χ2v) is 6.16. The van der Waals surface area contributed by atoms with Gasteiger partial charge < -0.3 is 10.4 Å². The molecule has 3 rings (SSSR count). The summed E-state index contributed by atoms with van der Waals surface area (Å²) < 4.78 is 0. The Morgan fingerprint density at radius 1 is 1.13 bits per heavy atom. The van der Waals surface area contributed by atoms with Crippen LogP contribution in [0.15, 0.2) is 42.7 Å². The molecule has 0 aliphatic heterocycles. The van der Waals surface area contributed by atoms with Crippen LogP contribution < -0.4 is 5.32 Å². The molecule has 0 bridgehead atoms. The first-order chi connectivity index (χ1) is 11.1. The Balaban J connectivity index is 1.61. The number of hydrogen-bond acceptors (Lipinski definition) is 4. The van der Waals surface area contributed by atoms with Crippen LogP contribution in [0.3, 0.4) is 0 Å². The minimum atomic E-state index is -0.851. The predicted octanol–water partition coefficient (Wildman–Crippen LogP) is 3.17. The lowest BCUT2D eigenvalue weighted by molar-refractivity contribution is -0.122. The number of nitrogens with one attached hydrogen (secondary N) is 1. The highest BCUT2D eigenvalue weighted by Crippen LogP contribution is 2.31. The first-order valence-corrected chi connectivity index (χ1v) is 8.04. The Hall–Kier alpha value is -2.27. The van der Waals surface area contributed by atoms with E-state index in [2.05, 4.69) is 15.3 Å². The van der Waals surface area contributed by atoms with Gasteiger partial charge in [-0.05, 0) is 37.1 Å². The zero-order chi connectivity index (χ0) is 16.1. The van der Waals surface area contributed by atoms with Gasteiger partial charge in [0.2, 0.25) is 5.91 Å². The lowest BCUT2D eigenvalue weighted by Crippen LogP contribution is -2.36. The molecule has 120 valence electrons. The number of aromatic nitrogens is 2. The molecule has 0 saturated heterocycles. The van der Waals surface area contributed by atoms with Gasteiger partial charge >= 0.3 is 0 Å². The Kier molecular flexibility index (Phi) is 4.67. The lowest BCUT2D eigenvalue weighted by atomic mass is 9.82. The summed E-state index contributed by atoms with van der Waals surface area (Å²) in [5.74, 6) is 0.307. The number of hydrogen-bond donors (Lipinski definition) is 2. The molecule has 2 aromatic heterocycles. The summed E-state index contributed by atoms with van der Waals surface area (Å²) in [7, 11) is 0. The summed E-state index contributed by atoms with van der Waals surface area (Å²) in [6.45, 7) is 0. The highest BCUT2D eigenvalue weighted by atomic mass is 16.3. The average molecular weight is 311 g/mol. The van der Waals surface area contributed by atoms with E-state index >= 15 is 0 Å². The number of nitrogens with zero attached hydrogens (tertiary/aromatic N) is 2. The Bertz CT molecular complexity index is 650. The highest BCUT2D eigenvalue weighted by Gasteiger charge is 2.31. The molecule has 23 heavy (non-hydrogen) atoms. The quantitative estimate of drug-likeness (QED) is 0.909. The van der Waals surface area contributed by atoms with Crippen molar-refractivity contribution in [2.75, 3.05) is 5.32 Å². The van der Waals surface area contributed by atoms with Crippen molar-refractivity contribution in [3.63, 3.8) is 0 Å². The van der Waals surface area contributed by atoms with Gasteiger partial charge in [-0.15, -0.1) is 0 Å². The van der Waals surface area contributed by atoms with Gasteiger partial charge in [0.1, 0.15) is 5.82 Å². The van der Waals surface area contributed by atoms with Crippen molar-refractivity contribution in [2.24, 2.45) is 0 Å². The van der Waals surface area contributed by atoms with E-state index < -0.39 is 5.60 Å². The SMILES string of the molecule is O=C(CC1(O)CCCCC1)Nc1ccc(-c2ccccn2)cn1. The maximum absolute atomic E-state index is 12.1. The molecule has 1 saturated carbocycles. The normalized spacial score (nSPS) is 16.7. The van der Waals surface area contributed by atoms with Gasteiger partial charge in [-0.2, -0.15) is 0 Å². The van der Waals surface area contributed by atoms with Gasteiger partial charge in [0.25, 0.3) is 0 Å². The molecule has 1 fully saturated rings. The minimum Gasteiger partial charge on any atom is -0.389 e. The van der Waals surface area contributed by atoms with Crippen LogP contribution in [0.5, 0.6) is 0 Å². The molecular formula is C18H21N3O2. The van der Waals surface area contributed by atoms with Crippen molar-refractivity contribution < 1.29 is 9.90 Å². The van der Waals surface area contributed by atoms with Gasteiger partial charge in [0, 0.05) is 18.0 Å². The first-order valence-electron chi connectivity index (χ1n) is 8.04. The third kappa shape index (κ3) is 4.13. The molecule has 0 atom stereocenters. The molecule has 1 amide bonds. The molecule has 1 aliphatic carbocycles. The van der Waals surface area contributed by atoms with E-state index in [0.717, 1.165) is 30.5 Å². The van der Waals surface area contributed by atoms with Crippen LogP contribution in [0.2, 0.25) is 0 Å². The van der Waals surface area contributed by atoms with Crippen molar-refractivity contribution in [2.45, 2.75) is 44.1 Å². The lowest BCUT2D eigenvalue weighted by Gasteiger charge is -2.31. The number of aliphatic hydroxyl groups is 1. The predicted molar refractivity (Wildman–Crippen MR) is 88.7 cm³/mol. The molecular weight excluding hydrogens is 290 g/mol. The van der Waals surface area contributed by atoms with Crippen LogP contribution in [-0.2, 0) is 4.79 Å². The minimum absolute atomic E-state index is 0.136. The molecule has 5 nitrogen and oxygen atoms in total. The zero-order valence-corrected chi connectivity index (χ0v) is 13.0. The average Bonchev–Trinajstić information content (AvgIpc) is 2.56. The molecule has 2 aromatic rings. The Labute approximate surface area is 135 Å². The van der Waals surface area contributed by atoms with Crippen LogP contribution >= 0.6 is 0 Å². The van der Waals surface area contributed by atoms with E-state index in [-0.39, 0.29) is 12.3 Å². The van der Waals surface area contributed by atoms with Gasteiger partial charge in [-0.3, -0.25) is 9.78 Å². The number of rotatable bonds is 4. The molecule has 0 unspecified atom stereocenters. The summed E-state index contributed by atoms with van der Waals surface area (Å²) in [6.07, 6.45) is 8.07. The van der Waals surface area contributed by atoms with Gasteiger partial charge in [0.15, 0.2) is 0 Å². The number of pyridine rings is 2. The van der Waals surface area contributed by atoms with Gasteiger partial charge in [0.05, 0.1) is 17.7 Å². The molecule has 1 aliphatic rings.